The van der Waals surface area contributed by atoms with Crippen molar-refractivity contribution in [3.63, 3.8) is 0 Å². The SMILES string of the molecule is Cc1ccc(C2CNCO2)cc1C. The summed E-state index contributed by atoms with van der Waals surface area (Å²) >= 11 is 0. The monoisotopic (exact) mass is 177 g/mol. The molecule has 1 aliphatic rings. The first-order chi connectivity index (χ1) is 6.27. The molecule has 1 saturated heterocycles. The summed E-state index contributed by atoms with van der Waals surface area (Å²) in [5.74, 6) is 0. The molecule has 2 nitrogen and oxygen atoms in total. The molecule has 0 aliphatic carbocycles. The van der Waals surface area contributed by atoms with Crippen LogP contribution in [0.15, 0.2) is 18.2 Å². The predicted molar refractivity (Wildman–Crippen MR) is 52.6 cm³/mol. The second-order valence-corrected chi connectivity index (χ2v) is 3.60. The molecule has 0 radical (unpaired) electrons. The van der Waals surface area contributed by atoms with Crippen molar-refractivity contribution in [2.45, 2.75) is 20.0 Å². The Morgan fingerprint density at radius 3 is 2.77 bits per heavy atom. The Hall–Kier alpha value is -0.860. The molecule has 1 aliphatic heterocycles. The molecule has 70 valence electrons. The van der Waals surface area contributed by atoms with Crippen LogP contribution in [0.2, 0.25) is 0 Å². The lowest BCUT2D eigenvalue weighted by atomic mass is 10.0. The number of ether oxygens (including phenoxy) is 1. The van der Waals surface area contributed by atoms with E-state index in [1.165, 1.54) is 16.7 Å². The van der Waals surface area contributed by atoms with Gasteiger partial charge >= 0.3 is 0 Å². The Kier molecular flexibility index (Phi) is 2.34. The van der Waals surface area contributed by atoms with Crippen molar-refractivity contribution in [3.05, 3.63) is 34.9 Å². The number of aryl methyl sites for hydroxylation is 2. The van der Waals surface area contributed by atoms with Crippen molar-refractivity contribution in [2.75, 3.05) is 13.3 Å². The second-order valence-electron chi connectivity index (χ2n) is 3.60. The van der Waals surface area contributed by atoms with Gasteiger partial charge in [0.25, 0.3) is 0 Å². The first-order valence-electron chi connectivity index (χ1n) is 4.67. The van der Waals surface area contributed by atoms with Gasteiger partial charge < -0.3 is 4.74 Å². The van der Waals surface area contributed by atoms with Gasteiger partial charge in [0.05, 0.1) is 12.8 Å². The Bertz CT molecular complexity index is 303. The number of hydrogen-bond donors (Lipinski definition) is 1. The lowest BCUT2D eigenvalue weighted by Crippen LogP contribution is -2.08. The molecular weight excluding hydrogens is 162 g/mol. The number of hydrogen-bond acceptors (Lipinski definition) is 2. The van der Waals surface area contributed by atoms with Gasteiger partial charge in [-0.25, -0.2) is 0 Å². The quantitative estimate of drug-likeness (QED) is 0.707. The van der Waals surface area contributed by atoms with Crippen LogP contribution in [0.1, 0.15) is 22.8 Å². The summed E-state index contributed by atoms with van der Waals surface area (Å²) in [4.78, 5) is 0. The van der Waals surface area contributed by atoms with Crippen LogP contribution in [0.25, 0.3) is 0 Å². The van der Waals surface area contributed by atoms with Crippen LogP contribution in [0.4, 0.5) is 0 Å². The van der Waals surface area contributed by atoms with Gasteiger partial charge in [0, 0.05) is 6.54 Å². The third kappa shape index (κ3) is 1.74. The first kappa shape index (κ1) is 8.73. The molecule has 13 heavy (non-hydrogen) atoms. The third-order valence-corrected chi connectivity index (χ3v) is 2.62. The zero-order valence-electron chi connectivity index (χ0n) is 8.13. The van der Waals surface area contributed by atoms with Crippen molar-refractivity contribution < 1.29 is 4.74 Å². The molecule has 1 aromatic carbocycles. The maximum Gasteiger partial charge on any atom is 0.0975 e. The van der Waals surface area contributed by atoms with Gasteiger partial charge in [0.2, 0.25) is 0 Å². The number of rotatable bonds is 1. The van der Waals surface area contributed by atoms with E-state index in [4.69, 9.17) is 4.74 Å². The van der Waals surface area contributed by atoms with Crippen molar-refractivity contribution in [1.29, 1.82) is 0 Å². The Balaban J connectivity index is 2.25. The van der Waals surface area contributed by atoms with Gasteiger partial charge in [-0.15, -0.1) is 0 Å². The molecule has 1 heterocycles. The average molecular weight is 177 g/mol. The maximum atomic E-state index is 5.52. The van der Waals surface area contributed by atoms with Gasteiger partial charge in [-0.05, 0) is 30.5 Å². The third-order valence-electron chi connectivity index (χ3n) is 2.62. The molecule has 1 atom stereocenters. The fourth-order valence-electron chi connectivity index (χ4n) is 1.59. The lowest BCUT2D eigenvalue weighted by molar-refractivity contribution is 0.114. The summed E-state index contributed by atoms with van der Waals surface area (Å²) in [7, 11) is 0. The summed E-state index contributed by atoms with van der Waals surface area (Å²) in [6, 6.07) is 6.53. The largest absolute Gasteiger partial charge is 0.357 e. The van der Waals surface area contributed by atoms with E-state index >= 15 is 0 Å². The van der Waals surface area contributed by atoms with Crippen LogP contribution >= 0.6 is 0 Å². The normalized spacial score (nSPS) is 22.2. The van der Waals surface area contributed by atoms with Crippen LogP contribution in [-0.4, -0.2) is 13.3 Å². The van der Waals surface area contributed by atoms with Gasteiger partial charge in [0.1, 0.15) is 0 Å². The molecule has 1 fully saturated rings. The van der Waals surface area contributed by atoms with Crippen LogP contribution in [-0.2, 0) is 4.74 Å². The summed E-state index contributed by atoms with van der Waals surface area (Å²) in [5.41, 5.74) is 3.97. The molecular formula is C11H15NO. The highest BCUT2D eigenvalue weighted by atomic mass is 16.5. The molecule has 0 amide bonds. The molecule has 1 unspecified atom stereocenters. The zero-order chi connectivity index (χ0) is 9.26. The zero-order valence-corrected chi connectivity index (χ0v) is 8.13. The van der Waals surface area contributed by atoms with Crippen molar-refractivity contribution in [3.8, 4) is 0 Å². The fourth-order valence-corrected chi connectivity index (χ4v) is 1.59. The van der Waals surface area contributed by atoms with E-state index < -0.39 is 0 Å². The smallest absolute Gasteiger partial charge is 0.0975 e. The van der Waals surface area contributed by atoms with E-state index in [9.17, 15) is 0 Å². The first-order valence-corrected chi connectivity index (χ1v) is 4.67. The molecule has 0 aromatic heterocycles. The Labute approximate surface area is 78.9 Å². The van der Waals surface area contributed by atoms with Gasteiger partial charge in [-0.1, -0.05) is 18.2 Å². The van der Waals surface area contributed by atoms with E-state index in [1.807, 2.05) is 0 Å². The van der Waals surface area contributed by atoms with Crippen LogP contribution < -0.4 is 5.32 Å². The lowest BCUT2D eigenvalue weighted by Gasteiger charge is -2.10. The highest BCUT2D eigenvalue weighted by Gasteiger charge is 2.16. The second kappa shape index (κ2) is 3.48. The maximum absolute atomic E-state index is 5.52. The topological polar surface area (TPSA) is 21.3 Å². The minimum Gasteiger partial charge on any atom is -0.357 e. The molecule has 0 spiro atoms. The fraction of sp³-hybridized carbons (Fsp3) is 0.455. The Morgan fingerprint density at radius 2 is 2.15 bits per heavy atom. The van der Waals surface area contributed by atoms with Crippen molar-refractivity contribution in [1.82, 2.24) is 5.32 Å². The van der Waals surface area contributed by atoms with E-state index in [0.29, 0.717) is 6.73 Å². The summed E-state index contributed by atoms with van der Waals surface area (Å²) in [6.07, 6.45) is 0.249. The molecule has 1 N–H and O–H groups in total. The van der Waals surface area contributed by atoms with Crippen molar-refractivity contribution in [2.24, 2.45) is 0 Å². The van der Waals surface area contributed by atoms with Crippen LogP contribution in [0, 0.1) is 13.8 Å². The summed E-state index contributed by atoms with van der Waals surface area (Å²) in [5, 5.41) is 3.18. The predicted octanol–water partition coefficient (Wildman–Crippen LogP) is 1.92. The minimum absolute atomic E-state index is 0.249. The van der Waals surface area contributed by atoms with Crippen LogP contribution in [0.3, 0.4) is 0 Å². The molecule has 2 heteroatoms. The summed E-state index contributed by atoms with van der Waals surface area (Å²) < 4.78 is 5.52. The highest BCUT2D eigenvalue weighted by molar-refractivity contribution is 5.31. The highest BCUT2D eigenvalue weighted by Crippen LogP contribution is 2.21. The van der Waals surface area contributed by atoms with E-state index in [2.05, 4.69) is 37.4 Å². The average Bonchev–Trinajstić information content (AvgIpc) is 2.62. The summed E-state index contributed by atoms with van der Waals surface area (Å²) in [6.45, 7) is 5.88. The molecule has 2 rings (SSSR count). The molecule has 0 saturated carbocycles. The van der Waals surface area contributed by atoms with Crippen molar-refractivity contribution >= 4 is 0 Å². The van der Waals surface area contributed by atoms with Gasteiger partial charge in [-0.3, -0.25) is 5.32 Å². The van der Waals surface area contributed by atoms with Crippen LogP contribution in [0.5, 0.6) is 0 Å². The molecule has 0 bridgehead atoms. The molecule has 1 aromatic rings. The van der Waals surface area contributed by atoms with E-state index in [0.717, 1.165) is 6.54 Å². The Morgan fingerprint density at radius 1 is 1.31 bits per heavy atom. The van der Waals surface area contributed by atoms with Gasteiger partial charge in [-0.2, -0.15) is 0 Å². The van der Waals surface area contributed by atoms with Gasteiger partial charge in [0.15, 0.2) is 0 Å². The minimum atomic E-state index is 0.249. The number of nitrogens with one attached hydrogen (secondary N) is 1. The number of benzene rings is 1. The standard InChI is InChI=1S/C11H15NO/c1-8-3-4-10(5-9(8)2)11-6-12-7-13-11/h3-5,11-12H,6-7H2,1-2H3. The van der Waals surface area contributed by atoms with E-state index in [1.54, 1.807) is 0 Å². The van der Waals surface area contributed by atoms with E-state index in [-0.39, 0.29) is 6.10 Å².